The van der Waals surface area contributed by atoms with Gasteiger partial charge in [0.1, 0.15) is 0 Å². The summed E-state index contributed by atoms with van der Waals surface area (Å²) in [6.45, 7) is 6.04. The van der Waals surface area contributed by atoms with Crippen LogP contribution in [-0.2, 0) is 15.5 Å². The predicted octanol–water partition coefficient (Wildman–Crippen LogP) is 4.00. The van der Waals surface area contributed by atoms with Gasteiger partial charge in [-0.2, -0.15) is 22.9 Å². The zero-order chi connectivity index (χ0) is 21.9. The number of benzene rings is 1. The lowest BCUT2D eigenvalue weighted by Gasteiger charge is -2.15. The van der Waals surface area contributed by atoms with E-state index in [0.29, 0.717) is 27.5 Å². The molecule has 3 aromatic rings. The molecule has 0 aliphatic rings. The van der Waals surface area contributed by atoms with E-state index in [0.717, 1.165) is 29.0 Å². The van der Waals surface area contributed by atoms with Crippen LogP contribution in [0.15, 0.2) is 45.7 Å². The van der Waals surface area contributed by atoms with Crippen molar-refractivity contribution in [1.29, 1.82) is 0 Å². The van der Waals surface area contributed by atoms with Crippen LogP contribution < -0.4 is 5.73 Å². The summed E-state index contributed by atoms with van der Waals surface area (Å²) in [4.78, 5) is 4.20. The number of aromatic nitrogens is 4. The second-order valence-corrected chi connectivity index (χ2v) is 10.6. The molecule has 13 heteroatoms. The van der Waals surface area contributed by atoms with Crippen LogP contribution in [0.3, 0.4) is 0 Å². The molecule has 30 heavy (non-hydrogen) atoms. The number of para-hydroxylation sites is 1. The second kappa shape index (κ2) is 8.79. The smallest absolute Gasteiger partial charge is 0.265 e. The van der Waals surface area contributed by atoms with Crippen molar-refractivity contribution >= 4 is 50.0 Å². The molecule has 2 heterocycles. The van der Waals surface area contributed by atoms with Crippen LogP contribution in [-0.4, -0.2) is 43.6 Å². The van der Waals surface area contributed by atoms with Crippen LogP contribution >= 0.6 is 23.3 Å². The number of nitrogen functional groups attached to an aromatic ring is 1. The number of anilines is 1. The summed E-state index contributed by atoms with van der Waals surface area (Å²) in [6, 6.07) is 9.51. The molecule has 1 aromatic carbocycles. The molecular formula is C17H21N7O3S3. The van der Waals surface area contributed by atoms with Gasteiger partial charge in [0.05, 0.1) is 17.1 Å². The maximum atomic E-state index is 10.8. The van der Waals surface area contributed by atoms with Crippen molar-refractivity contribution in [3.05, 3.63) is 36.0 Å². The van der Waals surface area contributed by atoms with Gasteiger partial charge in [0.15, 0.2) is 11.5 Å². The predicted molar refractivity (Wildman–Crippen MR) is 118 cm³/mol. The Morgan fingerprint density at radius 1 is 1.23 bits per heavy atom. The van der Waals surface area contributed by atoms with Gasteiger partial charge in [-0.05, 0) is 12.1 Å². The van der Waals surface area contributed by atoms with Crippen molar-refractivity contribution in [1.82, 2.24) is 19.1 Å². The summed E-state index contributed by atoms with van der Waals surface area (Å²) in [7, 11) is -4.02. The molecule has 3 rings (SSSR count). The molecule has 160 valence electrons. The summed E-state index contributed by atoms with van der Waals surface area (Å²) < 4.78 is 36.1. The molecule has 0 fully saturated rings. The van der Waals surface area contributed by atoms with Gasteiger partial charge in [0.25, 0.3) is 10.1 Å². The van der Waals surface area contributed by atoms with Crippen LogP contribution in [0, 0.1) is 0 Å². The van der Waals surface area contributed by atoms with Crippen molar-refractivity contribution in [3.63, 3.8) is 0 Å². The van der Waals surface area contributed by atoms with E-state index in [1.54, 1.807) is 4.68 Å². The molecule has 0 radical (unpaired) electrons. The number of rotatable bonds is 7. The first-order valence-corrected chi connectivity index (χ1v) is 12.2. The standard InChI is InChI=1S/C17H21N7O3S3/c1-17(2,3)13-12(14(18)24(22-13)11-7-5-4-6-8-11)20-21-15-19-16(23-29-15)28-9-10-30(25,26)27/h4-8H,9-10,18H2,1-3H3,(H,25,26,27). The summed E-state index contributed by atoms with van der Waals surface area (Å²) >= 11 is 2.13. The molecule has 2 aromatic heterocycles. The van der Waals surface area contributed by atoms with Gasteiger partial charge in [-0.3, -0.25) is 4.55 Å². The summed E-state index contributed by atoms with van der Waals surface area (Å²) in [6.07, 6.45) is 0. The maximum Gasteiger partial charge on any atom is 0.265 e. The zero-order valence-corrected chi connectivity index (χ0v) is 19.0. The van der Waals surface area contributed by atoms with Gasteiger partial charge in [0.2, 0.25) is 10.3 Å². The van der Waals surface area contributed by atoms with Crippen molar-refractivity contribution in [3.8, 4) is 5.69 Å². The number of nitrogens with zero attached hydrogens (tertiary/aromatic N) is 6. The Balaban J connectivity index is 1.86. The van der Waals surface area contributed by atoms with Crippen molar-refractivity contribution in [2.24, 2.45) is 10.2 Å². The summed E-state index contributed by atoms with van der Waals surface area (Å²) in [5.74, 6) is 0.122. The van der Waals surface area contributed by atoms with Crippen LogP contribution in [0.1, 0.15) is 26.5 Å². The van der Waals surface area contributed by atoms with E-state index in [2.05, 4.69) is 24.7 Å². The van der Waals surface area contributed by atoms with E-state index in [1.807, 2.05) is 51.1 Å². The van der Waals surface area contributed by atoms with Gasteiger partial charge in [-0.1, -0.05) is 50.7 Å². The fourth-order valence-electron chi connectivity index (χ4n) is 2.43. The van der Waals surface area contributed by atoms with Gasteiger partial charge >= 0.3 is 0 Å². The Morgan fingerprint density at radius 3 is 2.57 bits per heavy atom. The number of nitrogens with two attached hydrogens (primary N) is 1. The third-order valence-corrected chi connectivity index (χ3v) is 6.35. The lowest BCUT2D eigenvalue weighted by atomic mass is 9.91. The molecule has 0 aliphatic heterocycles. The van der Waals surface area contributed by atoms with Gasteiger partial charge in [-0.15, -0.1) is 10.2 Å². The third-order valence-electron chi connectivity index (χ3n) is 3.81. The average molecular weight is 468 g/mol. The summed E-state index contributed by atoms with van der Waals surface area (Å²) in [5, 5.41) is 13.8. The molecular weight excluding hydrogens is 446 g/mol. The van der Waals surface area contributed by atoms with Crippen molar-refractivity contribution in [2.45, 2.75) is 31.3 Å². The Labute approximate surface area is 182 Å². The zero-order valence-electron chi connectivity index (χ0n) is 16.6. The molecule has 0 spiro atoms. The Bertz CT molecular complexity index is 1150. The number of azo groups is 1. The second-order valence-electron chi connectivity index (χ2n) is 7.27. The first-order valence-electron chi connectivity index (χ1n) is 8.82. The molecule has 0 amide bonds. The highest BCUT2D eigenvalue weighted by molar-refractivity contribution is 8.00. The molecule has 10 nitrogen and oxygen atoms in total. The van der Waals surface area contributed by atoms with Crippen LogP contribution in [0.25, 0.3) is 5.69 Å². The largest absolute Gasteiger partial charge is 0.382 e. The maximum absolute atomic E-state index is 10.8. The van der Waals surface area contributed by atoms with E-state index in [9.17, 15) is 8.42 Å². The molecule has 0 unspecified atom stereocenters. The SMILES string of the molecule is CC(C)(C)c1nn(-c2ccccc2)c(N)c1N=Nc1nc(SCCS(=O)(=O)O)ns1. The number of hydrogen-bond acceptors (Lipinski definition) is 10. The van der Waals surface area contributed by atoms with Gasteiger partial charge < -0.3 is 5.73 Å². The minimum atomic E-state index is -4.02. The monoisotopic (exact) mass is 467 g/mol. The van der Waals surface area contributed by atoms with E-state index in [4.69, 9.17) is 10.3 Å². The Kier molecular flexibility index (Phi) is 6.55. The lowest BCUT2D eigenvalue weighted by molar-refractivity contribution is 0.485. The molecule has 0 saturated heterocycles. The highest BCUT2D eigenvalue weighted by Crippen LogP contribution is 2.38. The van der Waals surface area contributed by atoms with E-state index in [-0.39, 0.29) is 16.9 Å². The highest BCUT2D eigenvalue weighted by atomic mass is 32.2. The number of hydrogen-bond donors (Lipinski definition) is 2. The molecule has 0 saturated carbocycles. The fraction of sp³-hybridized carbons (Fsp3) is 0.353. The van der Waals surface area contributed by atoms with Crippen LogP contribution in [0.5, 0.6) is 0 Å². The average Bonchev–Trinajstić information content (AvgIpc) is 3.23. The first kappa shape index (κ1) is 22.3. The van der Waals surface area contributed by atoms with Crippen molar-refractivity contribution < 1.29 is 13.0 Å². The highest BCUT2D eigenvalue weighted by Gasteiger charge is 2.26. The molecule has 0 bridgehead atoms. The van der Waals surface area contributed by atoms with E-state index < -0.39 is 10.1 Å². The van der Waals surface area contributed by atoms with Crippen LogP contribution in [0.4, 0.5) is 16.6 Å². The Hall–Kier alpha value is -2.35. The summed E-state index contributed by atoms with van der Waals surface area (Å²) in [5.41, 5.74) is 7.99. The first-order chi connectivity index (χ1) is 14.0. The fourth-order valence-corrected chi connectivity index (χ4v) is 4.72. The normalized spacial score (nSPS) is 12.7. The van der Waals surface area contributed by atoms with Gasteiger partial charge in [-0.25, -0.2) is 4.68 Å². The van der Waals surface area contributed by atoms with Gasteiger partial charge in [0, 0.05) is 22.7 Å². The van der Waals surface area contributed by atoms with E-state index >= 15 is 0 Å². The minimum absolute atomic E-state index is 0.136. The van der Waals surface area contributed by atoms with Crippen LogP contribution in [0.2, 0.25) is 0 Å². The van der Waals surface area contributed by atoms with Crippen molar-refractivity contribution in [2.75, 3.05) is 17.2 Å². The third kappa shape index (κ3) is 5.62. The van der Waals surface area contributed by atoms with E-state index in [1.165, 1.54) is 0 Å². The molecule has 0 atom stereocenters. The molecule has 0 aliphatic carbocycles. The Morgan fingerprint density at radius 2 is 1.93 bits per heavy atom. The topological polar surface area (TPSA) is 149 Å². The molecule has 3 N–H and O–H groups in total. The lowest BCUT2D eigenvalue weighted by Crippen LogP contribution is -2.13. The quantitative estimate of drug-likeness (QED) is 0.301. The number of thioether (sulfide) groups is 1. The minimum Gasteiger partial charge on any atom is -0.382 e.